The minimum absolute atomic E-state index is 0.0708. The third kappa shape index (κ3) is 3.88. The van der Waals surface area contributed by atoms with E-state index in [-0.39, 0.29) is 6.04 Å². The third-order valence-corrected chi connectivity index (χ3v) is 5.10. The van der Waals surface area contributed by atoms with E-state index in [1.165, 1.54) is 11.8 Å². The van der Waals surface area contributed by atoms with Crippen LogP contribution in [0.3, 0.4) is 0 Å². The average Bonchev–Trinajstić information content (AvgIpc) is 3.05. The van der Waals surface area contributed by atoms with Gasteiger partial charge in [-0.2, -0.15) is 5.26 Å². The second-order valence-electron chi connectivity index (χ2n) is 5.89. The molecule has 2 heterocycles. The molecule has 0 fully saturated rings. The summed E-state index contributed by atoms with van der Waals surface area (Å²) in [6, 6.07) is 13.2. The van der Waals surface area contributed by atoms with Gasteiger partial charge in [0.2, 0.25) is 5.16 Å². The van der Waals surface area contributed by atoms with Crippen LogP contribution in [0.25, 0.3) is 5.69 Å². The van der Waals surface area contributed by atoms with Crippen LogP contribution >= 0.6 is 23.4 Å². The lowest BCUT2D eigenvalue weighted by Gasteiger charge is -2.20. The summed E-state index contributed by atoms with van der Waals surface area (Å²) in [5.41, 5.74) is 1.45. The minimum atomic E-state index is 0.0708. The molecule has 3 rings (SSSR count). The molecule has 8 heteroatoms. The van der Waals surface area contributed by atoms with Crippen LogP contribution in [0.4, 0.5) is 0 Å². The topological polar surface area (TPSA) is 70.6 Å². The molecule has 0 spiro atoms. The summed E-state index contributed by atoms with van der Waals surface area (Å²) >= 11 is 7.43. The predicted molar refractivity (Wildman–Crippen MR) is 102 cm³/mol. The van der Waals surface area contributed by atoms with Crippen LogP contribution in [0.15, 0.2) is 52.8 Å². The number of aromatic nitrogens is 4. The van der Waals surface area contributed by atoms with Crippen LogP contribution in [0.5, 0.6) is 0 Å². The van der Waals surface area contributed by atoms with Crippen molar-refractivity contribution >= 4 is 23.4 Å². The summed E-state index contributed by atoms with van der Waals surface area (Å²) in [6.45, 7) is 2.07. The van der Waals surface area contributed by atoms with Crippen molar-refractivity contribution in [3.8, 4) is 11.8 Å². The number of pyridine rings is 1. The van der Waals surface area contributed by atoms with Crippen LogP contribution in [0, 0.1) is 11.3 Å². The number of hydrogen-bond acceptors (Lipinski definition) is 6. The Morgan fingerprint density at radius 1 is 1.15 bits per heavy atom. The highest BCUT2D eigenvalue weighted by Crippen LogP contribution is 2.30. The second kappa shape index (κ2) is 7.87. The van der Waals surface area contributed by atoms with Crippen LogP contribution < -0.4 is 0 Å². The molecule has 0 radical (unpaired) electrons. The van der Waals surface area contributed by atoms with E-state index < -0.39 is 0 Å². The summed E-state index contributed by atoms with van der Waals surface area (Å²) in [5, 5.41) is 19.8. The van der Waals surface area contributed by atoms with Crippen molar-refractivity contribution in [2.45, 2.75) is 23.1 Å². The molecule has 1 atom stereocenters. The van der Waals surface area contributed by atoms with E-state index in [1.807, 2.05) is 42.9 Å². The van der Waals surface area contributed by atoms with Gasteiger partial charge in [-0.05, 0) is 69.2 Å². The van der Waals surface area contributed by atoms with E-state index in [9.17, 15) is 0 Å². The fraction of sp³-hybridized carbons (Fsp3) is 0.222. The molecule has 0 amide bonds. The van der Waals surface area contributed by atoms with Crippen LogP contribution in [0.1, 0.15) is 24.4 Å². The van der Waals surface area contributed by atoms with Crippen molar-refractivity contribution in [2.24, 2.45) is 0 Å². The minimum Gasteiger partial charge on any atom is -0.300 e. The van der Waals surface area contributed by atoms with E-state index in [4.69, 9.17) is 16.9 Å². The molecule has 0 bridgehead atoms. The summed E-state index contributed by atoms with van der Waals surface area (Å²) in [5.74, 6) is 0.827. The molecule has 0 N–H and O–H groups in total. The molecule has 2 aromatic heterocycles. The highest BCUT2D eigenvalue weighted by Gasteiger charge is 2.21. The fourth-order valence-electron chi connectivity index (χ4n) is 2.28. The summed E-state index contributed by atoms with van der Waals surface area (Å²) in [6.07, 6.45) is 1.55. The molecule has 1 aromatic carbocycles. The van der Waals surface area contributed by atoms with Gasteiger partial charge in [-0.25, -0.2) is 4.98 Å². The largest absolute Gasteiger partial charge is 0.300 e. The quantitative estimate of drug-likeness (QED) is 0.663. The molecular weight excluding hydrogens is 368 g/mol. The number of nitriles is 1. The molecule has 6 nitrogen and oxygen atoms in total. The van der Waals surface area contributed by atoms with Gasteiger partial charge in [-0.1, -0.05) is 11.6 Å². The maximum atomic E-state index is 8.91. The Morgan fingerprint density at radius 2 is 1.88 bits per heavy atom. The van der Waals surface area contributed by atoms with Crippen LogP contribution in [-0.2, 0) is 0 Å². The Morgan fingerprint density at radius 3 is 2.46 bits per heavy atom. The Labute approximate surface area is 161 Å². The maximum absolute atomic E-state index is 8.91. The molecular formula is C18H17ClN6S. The fourth-order valence-corrected chi connectivity index (χ4v) is 3.21. The highest BCUT2D eigenvalue weighted by atomic mass is 35.5. The first-order valence-corrected chi connectivity index (χ1v) is 9.10. The van der Waals surface area contributed by atoms with E-state index in [2.05, 4.69) is 33.1 Å². The molecule has 0 unspecified atom stereocenters. The first-order valence-electron chi connectivity index (χ1n) is 7.91. The number of rotatable bonds is 5. The van der Waals surface area contributed by atoms with Crippen molar-refractivity contribution in [2.75, 3.05) is 14.1 Å². The Balaban J connectivity index is 2.04. The van der Waals surface area contributed by atoms with Gasteiger partial charge < -0.3 is 0 Å². The Bertz CT molecular complexity index is 928. The predicted octanol–water partition coefficient (Wildman–Crippen LogP) is 3.96. The Kier molecular flexibility index (Phi) is 5.57. The van der Waals surface area contributed by atoms with Crippen LogP contribution in [0.2, 0.25) is 5.02 Å². The standard InChI is InChI=1S/C18H17ClN6S/c1-12(24(2)3)17-22-23-18(25(17)15-7-5-14(19)6-8-15)26-16-9-4-13(10-20)11-21-16/h4-9,11-12H,1-3H3/t12-/m1/s1. The summed E-state index contributed by atoms with van der Waals surface area (Å²) in [7, 11) is 4.00. The molecule has 26 heavy (non-hydrogen) atoms. The van der Waals surface area contributed by atoms with Gasteiger partial charge in [0, 0.05) is 16.9 Å². The lowest BCUT2D eigenvalue weighted by atomic mass is 10.2. The van der Waals surface area contributed by atoms with Gasteiger partial charge in [0.25, 0.3) is 0 Å². The van der Waals surface area contributed by atoms with E-state index in [0.29, 0.717) is 15.7 Å². The van der Waals surface area contributed by atoms with Crippen molar-refractivity contribution in [1.29, 1.82) is 5.26 Å². The van der Waals surface area contributed by atoms with Crippen molar-refractivity contribution in [1.82, 2.24) is 24.6 Å². The van der Waals surface area contributed by atoms with Gasteiger partial charge in [-0.3, -0.25) is 9.47 Å². The molecule has 132 valence electrons. The SMILES string of the molecule is C[C@H](c1nnc(Sc2ccc(C#N)cn2)n1-c1ccc(Cl)cc1)N(C)C. The zero-order chi connectivity index (χ0) is 18.7. The molecule has 0 saturated heterocycles. The number of benzene rings is 1. The molecule has 3 aromatic rings. The lowest BCUT2D eigenvalue weighted by Crippen LogP contribution is -2.20. The first-order chi connectivity index (χ1) is 12.5. The van der Waals surface area contributed by atoms with Gasteiger partial charge in [0.1, 0.15) is 11.1 Å². The number of halogens is 1. The third-order valence-electron chi connectivity index (χ3n) is 3.95. The number of nitrogens with zero attached hydrogens (tertiary/aromatic N) is 6. The van der Waals surface area contributed by atoms with Gasteiger partial charge in [0.05, 0.1) is 11.6 Å². The molecule has 0 aliphatic heterocycles. The van der Waals surface area contributed by atoms with Crippen LogP contribution in [-0.4, -0.2) is 38.7 Å². The summed E-state index contributed by atoms with van der Waals surface area (Å²) in [4.78, 5) is 6.38. The zero-order valence-electron chi connectivity index (χ0n) is 14.6. The molecule has 0 saturated carbocycles. The molecule has 0 aliphatic carbocycles. The molecule has 0 aliphatic rings. The summed E-state index contributed by atoms with van der Waals surface area (Å²) < 4.78 is 2.01. The monoisotopic (exact) mass is 384 g/mol. The number of hydrogen-bond donors (Lipinski definition) is 0. The van der Waals surface area contributed by atoms with Gasteiger partial charge in [0.15, 0.2) is 5.82 Å². The second-order valence-corrected chi connectivity index (χ2v) is 7.32. The first kappa shape index (κ1) is 18.4. The smallest absolute Gasteiger partial charge is 0.202 e. The zero-order valence-corrected chi connectivity index (χ0v) is 16.2. The van der Waals surface area contributed by atoms with Crippen molar-refractivity contribution in [3.63, 3.8) is 0 Å². The lowest BCUT2D eigenvalue weighted by molar-refractivity contribution is 0.305. The van der Waals surface area contributed by atoms with E-state index in [0.717, 1.165) is 16.5 Å². The van der Waals surface area contributed by atoms with Crippen molar-refractivity contribution in [3.05, 3.63) is 59.0 Å². The average molecular weight is 385 g/mol. The normalized spacial score (nSPS) is 12.2. The van der Waals surface area contributed by atoms with E-state index in [1.54, 1.807) is 18.3 Å². The Hall–Kier alpha value is -2.40. The maximum Gasteiger partial charge on any atom is 0.202 e. The van der Waals surface area contributed by atoms with Crippen molar-refractivity contribution < 1.29 is 0 Å². The van der Waals surface area contributed by atoms with Gasteiger partial charge >= 0.3 is 0 Å². The van der Waals surface area contributed by atoms with Gasteiger partial charge in [-0.15, -0.1) is 10.2 Å². The van der Waals surface area contributed by atoms with E-state index >= 15 is 0 Å². The highest BCUT2D eigenvalue weighted by molar-refractivity contribution is 7.99.